The van der Waals surface area contributed by atoms with Gasteiger partial charge in [0.15, 0.2) is 0 Å². The first-order valence-electron chi connectivity index (χ1n) is 3.95. The monoisotopic (exact) mass is 161 g/mol. The minimum Gasteiger partial charge on any atom is -0.356 e. The zero-order valence-electron chi connectivity index (χ0n) is 6.91. The van der Waals surface area contributed by atoms with E-state index in [-0.39, 0.29) is 6.04 Å². The number of rotatable bonds is 1. The van der Waals surface area contributed by atoms with Gasteiger partial charge in [-0.15, -0.1) is 0 Å². The lowest BCUT2D eigenvalue weighted by Crippen LogP contribution is -2.04. The van der Waals surface area contributed by atoms with Crippen LogP contribution >= 0.6 is 0 Å². The van der Waals surface area contributed by atoms with E-state index < -0.39 is 0 Å². The number of hydrogen-bond acceptors (Lipinski definition) is 2. The van der Waals surface area contributed by atoms with Crippen molar-refractivity contribution >= 4 is 10.9 Å². The van der Waals surface area contributed by atoms with Crippen LogP contribution in [0.25, 0.3) is 10.9 Å². The summed E-state index contributed by atoms with van der Waals surface area (Å²) in [4.78, 5) is 7.22. The third-order valence-corrected chi connectivity index (χ3v) is 1.94. The van der Waals surface area contributed by atoms with Crippen LogP contribution in [0.1, 0.15) is 18.7 Å². The predicted molar refractivity (Wildman–Crippen MR) is 48.7 cm³/mol. The Labute approximate surface area is 70.6 Å². The highest BCUT2D eigenvalue weighted by atomic mass is 14.8. The molecule has 0 unspecified atom stereocenters. The van der Waals surface area contributed by atoms with Gasteiger partial charge in [0.1, 0.15) is 0 Å². The molecule has 2 aromatic heterocycles. The standard InChI is InChI=1S/C9H11N3/c1-6(10)8-4-7-2-3-11-5-9(7)12-8/h2-6,12H,10H2,1H3/t6-/m0/s1. The fourth-order valence-corrected chi connectivity index (χ4v) is 1.24. The summed E-state index contributed by atoms with van der Waals surface area (Å²) in [6.45, 7) is 1.96. The summed E-state index contributed by atoms with van der Waals surface area (Å²) < 4.78 is 0. The molecule has 2 rings (SSSR count). The van der Waals surface area contributed by atoms with Gasteiger partial charge < -0.3 is 10.7 Å². The summed E-state index contributed by atoms with van der Waals surface area (Å²) in [7, 11) is 0. The Balaban J connectivity index is 2.62. The van der Waals surface area contributed by atoms with Gasteiger partial charge >= 0.3 is 0 Å². The molecule has 0 aliphatic heterocycles. The number of aromatic amines is 1. The maximum atomic E-state index is 5.73. The number of aromatic nitrogens is 2. The van der Waals surface area contributed by atoms with E-state index in [1.165, 1.54) is 0 Å². The maximum absolute atomic E-state index is 5.73. The zero-order chi connectivity index (χ0) is 8.55. The second-order valence-corrected chi connectivity index (χ2v) is 2.98. The Kier molecular flexibility index (Phi) is 1.59. The molecular formula is C9H11N3. The molecule has 0 radical (unpaired) electrons. The molecule has 3 nitrogen and oxygen atoms in total. The number of nitrogens with zero attached hydrogens (tertiary/aromatic N) is 1. The Morgan fingerprint density at radius 2 is 2.42 bits per heavy atom. The van der Waals surface area contributed by atoms with E-state index in [0.29, 0.717) is 0 Å². The molecule has 3 heteroatoms. The molecule has 0 fully saturated rings. The summed E-state index contributed by atoms with van der Waals surface area (Å²) in [6.07, 6.45) is 3.59. The van der Waals surface area contributed by atoms with Crippen molar-refractivity contribution in [2.75, 3.05) is 0 Å². The minimum atomic E-state index is 0.0531. The van der Waals surface area contributed by atoms with Gasteiger partial charge in [0.2, 0.25) is 0 Å². The largest absolute Gasteiger partial charge is 0.356 e. The van der Waals surface area contributed by atoms with Crippen LogP contribution in [0.15, 0.2) is 24.5 Å². The zero-order valence-corrected chi connectivity index (χ0v) is 6.91. The van der Waals surface area contributed by atoms with E-state index in [9.17, 15) is 0 Å². The Morgan fingerprint density at radius 3 is 3.08 bits per heavy atom. The number of nitrogens with two attached hydrogens (primary N) is 1. The molecule has 0 aliphatic rings. The summed E-state index contributed by atoms with van der Waals surface area (Å²) in [5.74, 6) is 0. The van der Waals surface area contributed by atoms with Crippen molar-refractivity contribution in [2.45, 2.75) is 13.0 Å². The molecule has 1 atom stereocenters. The lowest BCUT2D eigenvalue weighted by Gasteiger charge is -1.98. The SMILES string of the molecule is C[C@H](N)c1cc2ccncc2[nH]1. The van der Waals surface area contributed by atoms with Gasteiger partial charge in [-0.05, 0) is 19.1 Å². The van der Waals surface area contributed by atoms with Gasteiger partial charge in [0.25, 0.3) is 0 Å². The highest BCUT2D eigenvalue weighted by Gasteiger charge is 2.02. The molecule has 2 aromatic rings. The number of nitrogens with one attached hydrogen (secondary N) is 1. The predicted octanol–water partition coefficient (Wildman–Crippen LogP) is 1.58. The van der Waals surface area contributed by atoms with Gasteiger partial charge in [-0.2, -0.15) is 0 Å². The van der Waals surface area contributed by atoms with Crippen LogP contribution in [-0.4, -0.2) is 9.97 Å². The summed E-state index contributed by atoms with van der Waals surface area (Å²) in [5.41, 5.74) is 7.83. The van der Waals surface area contributed by atoms with Gasteiger partial charge in [0.05, 0.1) is 11.7 Å². The molecule has 12 heavy (non-hydrogen) atoms. The van der Waals surface area contributed by atoms with E-state index in [0.717, 1.165) is 16.6 Å². The molecule has 0 aliphatic carbocycles. The summed E-state index contributed by atoms with van der Waals surface area (Å²) >= 11 is 0. The van der Waals surface area contributed by atoms with Crippen molar-refractivity contribution in [3.8, 4) is 0 Å². The first kappa shape index (κ1) is 7.31. The van der Waals surface area contributed by atoms with Crippen LogP contribution in [0.3, 0.4) is 0 Å². The number of fused-ring (bicyclic) bond motifs is 1. The van der Waals surface area contributed by atoms with Gasteiger partial charge in [-0.3, -0.25) is 4.98 Å². The molecule has 0 saturated carbocycles. The lowest BCUT2D eigenvalue weighted by atomic mass is 10.2. The van der Waals surface area contributed by atoms with Crippen LogP contribution in [-0.2, 0) is 0 Å². The first-order chi connectivity index (χ1) is 5.77. The molecule has 0 aromatic carbocycles. The van der Waals surface area contributed by atoms with E-state index in [4.69, 9.17) is 5.73 Å². The molecule has 0 spiro atoms. The van der Waals surface area contributed by atoms with Gasteiger partial charge in [-0.1, -0.05) is 0 Å². The fraction of sp³-hybridized carbons (Fsp3) is 0.222. The van der Waals surface area contributed by atoms with Crippen LogP contribution < -0.4 is 5.73 Å². The molecule has 0 amide bonds. The number of hydrogen-bond donors (Lipinski definition) is 2. The third-order valence-electron chi connectivity index (χ3n) is 1.94. The second kappa shape index (κ2) is 2.60. The van der Waals surface area contributed by atoms with Gasteiger partial charge in [-0.25, -0.2) is 0 Å². The molecule has 62 valence electrons. The highest BCUT2D eigenvalue weighted by molar-refractivity contribution is 5.79. The average molecular weight is 161 g/mol. The molecule has 3 N–H and O–H groups in total. The number of H-pyrrole nitrogens is 1. The Morgan fingerprint density at radius 1 is 1.58 bits per heavy atom. The van der Waals surface area contributed by atoms with Crippen molar-refractivity contribution in [2.24, 2.45) is 5.73 Å². The van der Waals surface area contributed by atoms with Crippen molar-refractivity contribution in [3.05, 3.63) is 30.2 Å². The maximum Gasteiger partial charge on any atom is 0.0642 e. The molecule has 0 saturated heterocycles. The molecule has 0 bridgehead atoms. The Bertz CT molecular complexity index is 356. The van der Waals surface area contributed by atoms with Crippen molar-refractivity contribution in [1.29, 1.82) is 0 Å². The van der Waals surface area contributed by atoms with Gasteiger partial charge in [0, 0.05) is 23.3 Å². The van der Waals surface area contributed by atoms with Crippen molar-refractivity contribution < 1.29 is 0 Å². The second-order valence-electron chi connectivity index (χ2n) is 2.98. The van der Waals surface area contributed by atoms with E-state index >= 15 is 0 Å². The molecule has 2 heterocycles. The van der Waals surface area contributed by atoms with Crippen molar-refractivity contribution in [3.63, 3.8) is 0 Å². The van der Waals surface area contributed by atoms with Crippen LogP contribution in [0.4, 0.5) is 0 Å². The van der Waals surface area contributed by atoms with Crippen LogP contribution in [0.5, 0.6) is 0 Å². The quantitative estimate of drug-likeness (QED) is 0.667. The van der Waals surface area contributed by atoms with Crippen molar-refractivity contribution in [1.82, 2.24) is 9.97 Å². The normalized spacial score (nSPS) is 13.5. The number of pyridine rings is 1. The topological polar surface area (TPSA) is 54.7 Å². The Hall–Kier alpha value is -1.35. The van der Waals surface area contributed by atoms with Crippen LogP contribution in [0, 0.1) is 0 Å². The lowest BCUT2D eigenvalue weighted by molar-refractivity contribution is 0.792. The molecular weight excluding hydrogens is 150 g/mol. The summed E-state index contributed by atoms with van der Waals surface area (Å²) in [6, 6.07) is 4.08. The smallest absolute Gasteiger partial charge is 0.0642 e. The van der Waals surface area contributed by atoms with E-state index in [2.05, 4.69) is 16.0 Å². The first-order valence-corrected chi connectivity index (χ1v) is 3.95. The van der Waals surface area contributed by atoms with E-state index in [1.807, 2.05) is 13.0 Å². The summed E-state index contributed by atoms with van der Waals surface area (Å²) in [5, 5.41) is 1.16. The third kappa shape index (κ3) is 1.08. The van der Waals surface area contributed by atoms with Crippen LogP contribution in [0.2, 0.25) is 0 Å². The minimum absolute atomic E-state index is 0.0531. The fourth-order valence-electron chi connectivity index (χ4n) is 1.24. The van der Waals surface area contributed by atoms with E-state index in [1.54, 1.807) is 12.4 Å². The average Bonchev–Trinajstić information content (AvgIpc) is 2.46. The highest BCUT2D eigenvalue weighted by Crippen LogP contribution is 2.16.